The Morgan fingerprint density at radius 1 is 0.565 bits per heavy atom. The quantitative estimate of drug-likeness (QED) is 0.222. The molecule has 0 spiro atoms. The molecule has 0 fully saturated rings. The smallest absolute Gasteiger partial charge is 0.261 e. The van der Waals surface area contributed by atoms with Gasteiger partial charge in [-0.25, -0.2) is 0 Å². The first-order valence-electron chi connectivity index (χ1n) is 14.9. The fraction of sp³-hybridized carbons (Fsp3) is 0.0250. The summed E-state index contributed by atoms with van der Waals surface area (Å²) < 4.78 is 1.86. The van der Waals surface area contributed by atoms with Crippen LogP contribution in [-0.4, -0.2) is 15.6 Å². The third-order valence-electron chi connectivity index (χ3n) is 8.77. The van der Waals surface area contributed by atoms with Crippen molar-refractivity contribution in [2.75, 3.05) is 4.90 Å². The number of carbonyl (C=O) groups excluding carboxylic acids is 1. The van der Waals surface area contributed by atoms with Gasteiger partial charge < -0.3 is 9.67 Å². The highest BCUT2D eigenvalue weighted by Crippen LogP contribution is 2.48. The number of nitrogens with zero attached hydrogens (tertiary/aromatic N) is 4. The lowest BCUT2D eigenvalue weighted by Crippen LogP contribution is -2.29. The summed E-state index contributed by atoms with van der Waals surface area (Å²) in [4.78, 5) is 16.0. The minimum Gasteiger partial charge on any atom is -0.369 e. The number of hydrogen-bond acceptors (Lipinski definition) is 4. The van der Waals surface area contributed by atoms with E-state index in [0.717, 1.165) is 33.0 Å². The van der Waals surface area contributed by atoms with Gasteiger partial charge in [0.15, 0.2) is 6.23 Å². The summed E-state index contributed by atoms with van der Waals surface area (Å²) >= 11 is 0. The van der Waals surface area contributed by atoms with E-state index in [1.54, 1.807) is 24.3 Å². The largest absolute Gasteiger partial charge is 0.369 e. The molecule has 216 valence electrons. The molecule has 1 aliphatic heterocycles. The fourth-order valence-electron chi connectivity index (χ4n) is 6.84. The fourth-order valence-corrected chi connectivity index (χ4v) is 6.84. The third kappa shape index (κ3) is 3.89. The van der Waals surface area contributed by atoms with E-state index >= 15 is 0 Å². The van der Waals surface area contributed by atoms with Gasteiger partial charge in [0.1, 0.15) is 12.1 Å². The van der Waals surface area contributed by atoms with Gasteiger partial charge in [-0.15, -0.1) is 0 Å². The van der Waals surface area contributed by atoms with E-state index in [1.807, 2.05) is 114 Å². The maximum absolute atomic E-state index is 14.5. The number of carbonyl (C=O) groups is 1. The van der Waals surface area contributed by atoms with Gasteiger partial charge in [-0.2, -0.15) is 10.5 Å². The van der Waals surface area contributed by atoms with Gasteiger partial charge in [0.2, 0.25) is 0 Å². The van der Waals surface area contributed by atoms with E-state index < -0.39 is 6.23 Å². The van der Waals surface area contributed by atoms with E-state index in [9.17, 15) is 20.4 Å². The summed E-state index contributed by atoms with van der Waals surface area (Å²) in [6.07, 6.45) is -1.36. The Morgan fingerprint density at radius 3 is 1.57 bits per heavy atom. The van der Waals surface area contributed by atoms with Crippen LogP contribution in [0.15, 0.2) is 133 Å². The molecule has 1 N–H and O–H groups in total. The third-order valence-corrected chi connectivity index (χ3v) is 8.77. The van der Waals surface area contributed by atoms with Crippen LogP contribution in [0.4, 0.5) is 5.69 Å². The van der Waals surface area contributed by atoms with Gasteiger partial charge in [-0.05, 0) is 35.4 Å². The van der Waals surface area contributed by atoms with Crippen molar-refractivity contribution in [2.45, 2.75) is 6.23 Å². The van der Waals surface area contributed by atoms with Crippen molar-refractivity contribution in [3.05, 3.63) is 156 Å². The summed E-state index contributed by atoms with van der Waals surface area (Å²) in [5.74, 6) is -0.341. The number of aromatic nitrogens is 1. The molecular formula is C40H24N4O2. The molecule has 6 nitrogen and oxygen atoms in total. The second-order valence-electron chi connectivity index (χ2n) is 11.2. The Hall–Kier alpha value is -6.47. The summed E-state index contributed by atoms with van der Waals surface area (Å²) in [7, 11) is 0. The summed E-state index contributed by atoms with van der Waals surface area (Å²) in [6.45, 7) is 0. The van der Waals surface area contributed by atoms with Crippen LogP contribution in [0.5, 0.6) is 0 Å². The van der Waals surface area contributed by atoms with Crippen molar-refractivity contribution in [2.24, 2.45) is 0 Å². The van der Waals surface area contributed by atoms with E-state index in [1.165, 1.54) is 4.90 Å². The Morgan fingerprint density at radius 2 is 1.04 bits per heavy atom. The predicted octanol–water partition coefficient (Wildman–Crippen LogP) is 8.51. The molecule has 0 saturated heterocycles. The van der Waals surface area contributed by atoms with Crippen molar-refractivity contribution in [1.29, 1.82) is 10.5 Å². The highest BCUT2D eigenvalue weighted by Gasteiger charge is 2.41. The van der Waals surface area contributed by atoms with Crippen LogP contribution >= 0.6 is 0 Å². The number of aliphatic hydroxyl groups excluding tert-OH is 1. The average molecular weight is 593 g/mol. The number of anilines is 1. The molecule has 1 atom stereocenters. The molecule has 0 radical (unpaired) electrons. The van der Waals surface area contributed by atoms with Crippen molar-refractivity contribution >= 4 is 33.4 Å². The molecule has 1 aromatic heterocycles. The second kappa shape index (κ2) is 10.6. The van der Waals surface area contributed by atoms with Gasteiger partial charge >= 0.3 is 0 Å². The maximum atomic E-state index is 14.5. The first-order valence-corrected chi connectivity index (χ1v) is 14.9. The maximum Gasteiger partial charge on any atom is 0.261 e. The number of amides is 1. The highest BCUT2D eigenvalue weighted by molar-refractivity contribution is 6.17. The van der Waals surface area contributed by atoms with Gasteiger partial charge in [0.05, 0.1) is 33.5 Å². The Kier molecular flexibility index (Phi) is 6.25. The molecular weight excluding hydrogens is 568 g/mol. The molecule has 1 amide bonds. The molecule has 6 aromatic carbocycles. The number of fused-ring (bicyclic) bond motifs is 4. The van der Waals surface area contributed by atoms with Crippen molar-refractivity contribution in [3.8, 4) is 40.1 Å². The molecule has 7 aromatic rings. The number of benzene rings is 6. The van der Waals surface area contributed by atoms with Crippen molar-refractivity contribution < 1.29 is 9.90 Å². The average Bonchev–Trinajstić information content (AvgIpc) is 3.59. The van der Waals surface area contributed by atoms with Crippen LogP contribution in [0.1, 0.15) is 33.3 Å². The Labute approximate surface area is 264 Å². The van der Waals surface area contributed by atoms with Gasteiger partial charge in [0.25, 0.3) is 5.91 Å². The van der Waals surface area contributed by atoms with E-state index in [-0.39, 0.29) is 5.91 Å². The van der Waals surface area contributed by atoms with Gasteiger partial charge in [-0.1, -0.05) is 109 Å². The molecule has 6 heteroatoms. The minimum absolute atomic E-state index is 0.341. The first kappa shape index (κ1) is 27.1. The van der Waals surface area contributed by atoms with Crippen LogP contribution in [0, 0.1) is 22.7 Å². The number of hydrogen-bond donors (Lipinski definition) is 1. The standard InChI is InChI=1S/C40H24N4O2/c41-23-27-15-7-19-31-32-20-8-16-28(24-42)37(32)43(36(27)31)34-22-10-21-33-35(34)40(46)44(39(33)45)38-29(25-11-3-1-4-12-25)17-9-18-30(38)26-13-5-2-6-14-26/h1-22,40,46H. The number of rotatable bonds is 4. The molecule has 8 rings (SSSR count). The monoisotopic (exact) mass is 592 g/mol. The van der Waals surface area contributed by atoms with Crippen LogP contribution in [0.2, 0.25) is 0 Å². The summed E-state index contributed by atoms with van der Waals surface area (Å²) in [6, 6.07) is 46.5. The minimum atomic E-state index is -1.36. The Bertz CT molecular complexity index is 2300. The van der Waals surface area contributed by atoms with Crippen LogP contribution in [-0.2, 0) is 0 Å². The first-order chi connectivity index (χ1) is 22.6. The number of para-hydroxylation sites is 3. The van der Waals surface area contributed by atoms with Crippen molar-refractivity contribution in [3.63, 3.8) is 0 Å². The zero-order valence-electron chi connectivity index (χ0n) is 24.4. The zero-order valence-corrected chi connectivity index (χ0v) is 24.4. The molecule has 1 unspecified atom stereocenters. The SMILES string of the molecule is N#Cc1cccc2c3cccc(C#N)c3n(-c3cccc4c3C(O)N(c3c(-c5ccccc5)cccc3-c3ccccc3)C4=O)c12. The molecule has 2 heterocycles. The predicted molar refractivity (Wildman–Crippen MR) is 179 cm³/mol. The van der Waals surface area contributed by atoms with Crippen LogP contribution in [0.3, 0.4) is 0 Å². The molecule has 1 aliphatic rings. The lowest BCUT2D eigenvalue weighted by atomic mass is 9.95. The second-order valence-corrected chi connectivity index (χ2v) is 11.2. The Balaban J connectivity index is 1.43. The number of aliphatic hydroxyl groups is 1. The summed E-state index contributed by atoms with van der Waals surface area (Å²) in [5, 5.41) is 34.3. The normalized spacial score (nSPS) is 13.9. The van der Waals surface area contributed by atoms with Crippen LogP contribution in [0.25, 0.3) is 49.7 Å². The zero-order chi connectivity index (χ0) is 31.4. The van der Waals surface area contributed by atoms with Gasteiger partial charge in [-0.3, -0.25) is 9.69 Å². The highest BCUT2D eigenvalue weighted by atomic mass is 16.3. The molecule has 0 bridgehead atoms. The topological polar surface area (TPSA) is 93.0 Å². The van der Waals surface area contributed by atoms with E-state index in [0.29, 0.717) is 44.7 Å². The molecule has 0 aliphatic carbocycles. The van der Waals surface area contributed by atoms with Gasteiger partial charge in [0, 0.05) is 33.0 Å². The lowest BCUT2D eigenvalue weighted by Gasteiger charge is -2.27. The van der Waals surface area contributed by atoms with E-state index in [2.05, 4.69) is 12.1 Å². The van der Waals surface area contributed by atoms with E-state index in [4.69, 9.17) is 0 Å². The van der Waals surface area contributed by atoms with Crippen molar-refractivity contribution in [1.82, 2.24) is 4.57 Å². The molecule has 0 saturated carbocycles. The number of nitriles is 2. The van der Waals surface area contributed by atoms with Crippen LogP contribution < -0.4 is 4.90 Å². The molecule has 46 heavy (non-hydrogen) atoms. The lowest BCUT2D eigenvalue weighted by molar-refractivity contribution is 0.0935. The summed E-state index contributed by atoms with van der Waals surface area (Å²) in [5.41, 5.74) is 7.39.